The van der Waals surface area contributed by atoms with Gasteiger partial charge in [-0.1, -0.05) is 36.4 Å². The van der Waals surface area contributed by atoms with Crippen LogP contribution in [0.5, 0.6) is 0 Å². The zero-order chi connectivity index (χ0) is 22.5. The standard InChI is InChI=1S/C24H20N4O4/c1-27-14-17(15-7-6-8-16(13-15)28(31)32)21(22(29)20-11-4-5-12-25-20)24(27)18-9-2-3-10-19(18)26-23(24)30/h2-13,17,21H,14H2,1H3,(H,26,30). The van der Waals surface area contributed by atoms with Crippen molar-refractivity contribution in [2.24, 2.45) is 5.92 Å². The molecule has 0 aliphatic carbocycles. The molecular formula is C24H20N4O4. The summed E-state index contributed by atoms with van der Waals surface area (Å²) in [6.45, 7) is 0.381. The molecule has 8 heteroatoms. The Morgan fingerprint density at radius 1 is 1.16 bits per heavy atom. The van der Waals surface area contributed by atoms with Crippen LogP contribution < -0.4 is 5.32 Å². The number of aromatic nitrogens is 1. The smallest absolute Gasteiger partial charge is 0.269 e. The lowest BCUT2D eigenvalue weighted by atomic mass is 9.71. The number of likely N-dealkylation sites (tertiary alicyclic amines) is 1. The fourth-order valence-electron chi connectivity index (χ4n) is 5.23. The highest BCUT2D eigenvalue weighted by molar-refractivity contribution is 6.11. The normalized spacial score (nSPS) is 24.3. The van der Waals surface area contributed by atoms with Gasteiger partial charge in [-0.15, -0.1) is 0 Å². The summed E-state index contributed by atoms with van der Waals surface area (Å²) in [5.74, 6) is -1.79. The molecule has 2 aliphatic rings. The van der Waals surface area contributed by atoms with Crippen LogP contribution in [0.2, 0.25) is 0 Å². The Morgan fingerprint density at radius 2 is 1.94 bits per heavy atom. The quantitative estimate of drug-likeness (QED) is 0.388. The lowest BCUT2D eigenvalue weighted by molar-refractivity contribution is -0.384. The Labute approximate surface area is 184 Å². The van der Waals surface area contributed by atoms with Gasteiger partial charge in [0, 0.05) is 42.0 Å². The summed E-state index contributed by atoms with van der Waals surface area (Å²) < 4.78 is 0. The first-order chi connectivity index (χ1) is 15.4. The highest BCUT2D eigenvalue weighted by Crippen LogP contribution is 2.55. The molecule has 2 aromatic carbocycles. The molecule has 0 saturated carbocycles. The Balaban J connectivity index is 1.73. The molecule has 1 fully saturated rings. The molecule has 3 unspecified atom stereocenters. The van der Waals surface area contributed by atoms with E-state index in [0.717, 1.165) is 5.56 Å². The number of pyridine rings is 1. The molecule has 0 radical (unpaired) electrons. The van der Waals surface area contributed by atoms with Crippen LogP contribution in [-0.2, 0) is 10.3 Å². The van der Waals surface area contributed by atoms with Crippen molar-refractivity contribution in [3.05, 3.63) is 99.9 Å². The number of carbonyl (C=O) groups excluding carboxylic acids is 2. The van der Waals surface area contributed by atoms with Crippen molar-refractivity contribution in [2.45, 2.75) is 11.5 Å². The number of carbonyl (C=O) groups is 2. The first-order valence-corrected chi connectivity index (χ1v) is 10.3. The van der Waals surface area contributed by atoms with Gasteiger partial charge >= 0.3 is 0 Å². The fraction of sp³-hybridized carbons (Fsp3) is 0.208. The molecule has 160 valence electrons. The number of nitrogens with zero attached hydrogens (tertiary/aromatic N) is 3. The predicted molar refractivity (Wildman–Crippen MR) is 117 cm³/mol. The van der Waals surface area contributed by atoms with Crippen LogP contribution in [-0.4, -0.2) is 40.1 Å². The molecule has 3 aromatic rings. The number of anilines is 1. The number of nitrogens with one attached hydrogen (secondary N) is 1. The van der Waals surface area contributed by atoms with Crippen molar-refractivity contribution < 1.29 is 14.5 Å². The highest BCUT2D eigenvalue weighted by Gasteiger charge is 2.64. The first-order valence-electron chi connectivity index (χ1n) is 10.3. The monoisotopic (exact) mass is 428 g/mol. The number of benzene rings is 2. The van der Waals surface area contributed by atoms with E-state index in [2.05, 4.69) is 10.3 Å². The molecule has 2 aliphatic heterocycles. The SMILES string of the molecule is CN1CC(c2cccc([N+](=O)[O-])c2)C(C(=O)c2ccccn2)C12C(=O)Nc1ccccc12. The third-order valence-corrected chi connectivity index (χ3v) is 6.57. The maximum atomic E-state index is 13.9. The van der Waals surface area contributed by atoms with Crippen molar-refractivity contribution in [3.63, 3.8) is 0 Å². The van der Waals surface area contributed by atoms with E-state index in [-0.39, 0.29) is 23.1 Å². The van der Waals surface area contributed by atoms with Crippen LogP contribution in [0.3, 0.4) is 0 Å². The summed E-state index contributed by atoms with van der Waals surface area (Å²) in [6.07, 6.45) is 1.55. The van der Waals surface area contributed by atoms with Gasteiger partial charge in [-0.25, -0.2) is 0 Å². The Hall–Kier alpha value is -3.91. The number of amides is 1. The topological polar surface area (TPSA) is 105 Å². The summed E-state index contributed by atoms with van der Waals surface area (Å²) in [5.41, 5.74) is 1.03. The van der Waals surface area contributed by atoms with E-state index in [1.54, 1.807) is 36.5 Å². The Kier molecular flexibility index (Phi) is 4.60. The minimum atomic E-state index is -1.24. The number of nitro groups is 1. The zero-order valence-corrected chi connectivity index (χ0v) is 17.3. The van der Waals surface area contributed by atoms with Crippen LogP contribution >= 0.6 is 0 Å². The van der Waals surface area contributed by atoms with Gasteiger partial charge in [-0.05, 0) is 30.8 Å². The lowest BCUT2D eigenvalue weighted by Crippen LogP contribution is -2.51. The average molecular weight is 428 g/mol. The second kappa shape index (κ2) is 7.35. The van der Waals surface area contributed by atoms with Crippen LogP contribution in [0, 0.1) is 16.0 Å². The van der Waals surface area contributed by atoms with Gasteiger partial charge < -0.3 is 5.32 Å². The summed E-state index contributed by atoms with van der Waals surface area (Å²) in [6, 6.07) is 18.8. The molecule has 8 nitrogen and oxygen atoms in total. The van der Waals surface area contributed by atoms with Crippen LogP contribution in [0.15, 0.2) is 72.9 Å². The number of rotatable bonds is 4. The van der Waals surface area contributed by atoms with E-state index in [1.165, 1.54) is 12.1 Å². The summed E-state index contributed by atoms with van der Waals surface area (Å²) in [7, 11) is 1.82. The molecule has 1 saturated heterocycles. The van der Waals surface area contributed by atoms with E-state index in [4.69, 9.17) is 0 Å². The number of non-ortho nitro benzene ring substituents is 1. The van der Waals surface area contributed by atoms with Gasteiger partial charge in [0.1, 0.15) is 11.2 Å². The largest absolute Gasteiger partial charge is 0.324 e. The molecule has 3 heterocycles. The predicted octanol–water partition coefficient (Wildman–Crippen LogP) is 3.37. The summed E-state index contributed by atoms with van der Waals surface area (Å²) in [5, 5.41) is 14.3. The number of para-hydroxylation sites is 1. The van der Waals surface area contributed by atoms with E-state index in [1.807, 2.05) is 36.2 Å². The number of nitro benzene ring substituents is 1. The number of Topliss-reactive ketones (excluding diaryl/α,β-unsaturated/α-hetero) is 1. The third-order valence-electron chi connectivity index (χ3n) is 6.57. The molecule has 1 amide bonds. The molecule has 5 rings (SSSR count). The van der Waals surface area contributed by atoms with E-state index in [9.17, 15) is 19.7 Å². The number of hydrogen-bond acceptors (Lipinski definition) is 6. The first kappa shape index (κ1) is 20.0. The van der Waals surface area contributed by atoms with Gasteiger partial charge in [0.2, 0.25) is 5.91 Å². The Bertz CT molecular complexity index is 1250. The molecule has 1 N–H and O–H groups in total. The van der Waals surface area contributed by atoms with Crippen LogP contribution in [0.25, 0.3) is 0 Å². The van der Waals surface area contributed by atoms with Gasteiger partial charge in [0.15, 0.2) is 5.78 Å². The lowest BCUT2D eigenvalue weighted by Gasteiger charge is -2.35. The molecule has 1 spiro atoms. The fourth-order valence-corrected chi connectivity index (χ4v) is 5.23. The molecule has 1 aromatic heterocycles. The van der Waals surface area contributed by atoms with Gasteiger partial charge in [0.05, 0.1) is 10.8 Å². The van der Waals surface area contributed by atoms with Crippen molar-refractivity contribution in [2.75, 3.05) is 18.9 Å². The average Bonchev–Trinajstić information content (AvgIpc) is 3.29. The number of fused-ring (bicyclic) bond motifs is 2. The van der Waals surface area contributed by atoms with Crippen molar-refractivity contribution in [1.29, 1.82) is 0 Å². The number of hydrogen-bond donors (Lipinski definition) is 1. The highest BCUT2D eigenvalue weighted by atomic mass is 16.6. The Morgan fingerprint density at radius 3 is 2.69 bits per heavy atom. The van der Waals surface area contributed by atoms with Gasteiger partial charge in [-0.3, -0.25) is 29.6 Å². The second-order valence-corrected chi connectivity index (χ2v) is 8.16. The molecule has 0 bridgehead atoms. The second-order valence-electron chi connectivity index (χ2n) is 8.16. The zero-order valence-electron chi connectivity index (χ0n) is 17.3. The molecular weight excluding hydrogens is 408 g/mol. The van der Waals surface area contributed by atoms with Gasteiger partial charge in [0.25, 0.3) is 5.69 Å². The van der Waals surface area contributed by atoms with E-state index in [0.29, 0.717) is 17.8 Å². The van der Waals surface area contributed by atoms with Crippen molar-refractivity contribution in [3.8, 4) is 0 Å². The maximum Gasteiger partial charge on any atom is 0.269 e. The van der Waals surface area contributed by atoms with E-state index < -0.39 is 22.3 Å². The molecule has 32 heavy (non-hydrogen) atoms. The van der Waals surface area contributed by atoms with Crippen LogP contribution in [0.1, 0.15) is 27.5 Å². The maximum absolute atomic E-state index is 13.9. The third kappa shape index (κ3) is 2.76. The molecule has 3 atom stereocenters. The van der Waals surface area contributed by atoms with Gasteiger partial charge in [-0.2, -0.15) is 0 Å². The minimum Gasteiger partial charge on any atom is -0.324 e. The minimum absolute atomic E-state index is 0.0496. The van der Waals surface area contributed by atoms with E-state index >= 15 is 0 Å². The number of ketones is 1. The van der Waals surface area contributed by atoms with Crippen molar-refractivity contribution >= 4 is 23.1 Å². The van der Waals surface area contributed by atoms with Crippen molar-refractivity contribution in [1.82, 2.24) is 9.88 Å². The summed E-state index contributed by atoms with van der Waals surface area (Å²) >= 11 is 0. The summed E-state index contributed by atoms with van der Waals surface area (Å²) in [4.78, 5) is 44.5. The number of likely N-dealkylation sites (N-methyl/N-ethyl adjacent to an activating group) is 1. The van der Waals surface area contributed by atoms with Crippen LogP contribution in [0.4, 0.5) is 11.4 Å².